The monoisotopic (exact) mass is 511 g/mol. The van der Waals surface area contributed by atoms with Crippen LogP contribution in [-0.2, 0) is 21.7 Å². The number of rotatable bonds is 6. The van der Waals surface area contributed by atoms with Gasteiger partial charge in [0, 0.05) is 38.2 Å². The van der Waals surface area contributed by atoms with Crippen molar-refractivity contribution >= 4 is 17.7 Å². The molecule has 0 aliphatic carbocycles. The molecule has 7 heteroatoms. The lowest BCUT2D eigenvalue weighted by Crippen LogP contribution is -2.52. The maximum atomic E-state index is 12.9. The maximum Gasteiger partial charge on any atom is 0.255 e. The molecule has 1 aromatic carbocycles. The summed E-state index contributed by atoms with van der Waals surface area (Å²) in [4.78, 5) is 40.6. The van der Waals surface area contributed by atoms with Crippen LogP contribution in [0, 0.1) is 0 Å². The first-order valence-corrected chi connectivity index (χ1v) is 13.9. The molecule has 3 aliphatic rings. The predicted molar refractivity (Wildman–Crippen MR) is 148 cm³/mol. The van der Waals surface area contributed by atoms with Crippen LogP contribution in [0.1, 0.15) is 95.1 Å². The van der Waals surface area contributed by atoms with E-state index in [2.05, 4.69) is 42.3 Å². The number of nitrogens with one attached hydrogen (secondary N) is 1. The van der Waals surface area contributed by atoms with Crippen LogP contribution < -0.4 is 5.32 Å². The molecule has 0 spiro atoms. The Labute approximate surface area is 222 Å². The zero-order valence-electron chi connectivity index (χ0n) is 23.5. The third kappa shape index (κ3) is 7.17. The fraction of sp³-hybridized carbons (Fsp3) is 0.567. The lowest BCUT2D eigenvalue weighted by atomic mass is 9.83. The van der Waals surface area contributed by atoms with Crippen LogP contribution in [0.25, 0.3) is 0 Å². The van der Waals surface area contributed by atoms with Crippen molar-refractivity contribution in [1.82, 2.24) is 15.1 Å². The molecule has 3 aliphatic heterocycles. The zero-order valence-corrected chi connectivity index (χ0v) is 23.5. The van der Waals surface area contributed by atoms with Crippen molar-refractivity contribution in [1.29, 1.82) is 0 Å². The Bertz CT molecular complexity index is 1010. The smallest absolute Gasteiger partial charge is 0.255 e. The molecule has 7 nitrogen and oxygen atoms in total. The van der Waals surface area contributed by atoms with Gasteiger partial charge < -0.3 is 10.0 Å². The molecule has 0 aromatic heterocycles. The molecule has 4 rings (SSSR count). The Morgan fingerprint density at radius 2 is 1.81 bits per heavy atom. The first-order valence-electron chi connectivity index (χ1n) is 13.9. The number of piperidine rings is 2. The average Bonchev–Trinajstić information content (AvgIpc) is 3.25. The van der Waals surface area contributed by atoms with Gasteiger partial charge in [0.1, 0.15) is 6.04 Å². The van der Waals surface area contributed by atoms with Gasteiger partial charge in [0.2, 0.25) is 11.8 Å². The Morgan fingerprint density at radius 3 is 2.41 bits per heavy atom. The molecule has 37 heavy (non-hydrogen) atoms. The normalized spacial score (nSPS) is 21.6. The van der Waals surface area contributed by atoms with Crippen LogP contribution in [0.5, 0.6) is 0 Å². The van der Waals surface area contributed by atoms with Gasteiger partial charge in [0.05, 0.1) is 5.60 Å². The number of nitrogens with zero attached hydrogens (tertiary/aromatic N) is 2. The third-order valence-corrected chi connectivity index (χ3v) is 7.09. The van der Waals surface area contributed by atoms with Crippen LogP contribution in [0.4, 0.5) is 0 Å². The summed E-state index contributed by atoms with van der Waals surface area (Å²) in [5.74, 6) is -0.890. The second-order valence-corrected chi connectivity index (χ2v) is 9.25. The third-order valence-electron chi connectivity index (χ3n) is 7.09. The van der Waals surface area contributed by atoms with Crippen LogP contribution in [0.2, 0.25) is 0 Å². The molecule has 1 aromatic rings. The molecule has 1 unspecified atom stereocenters. The van der Waals surface area contributed by atoms with Crippen molar-refractivity contribution in [2.45, 2.75) is 91.8 Å². The Kier molecular flexibility index (Phi) is 11.7. The summed E-state index contributed by atoms with van der Waals surface area (Å²) in [6, 6.07) is 4.93. The highest BCUT2D eigenvalue weighted by Gasteiger charge is 2.40. The first-order chi connectivity index (χ1) is 17.8. The fourth-order valence-corrected chi connectivity index (χ4v) is 5.00. The molecule has 2 fully saturated rings. The van der Waals surface area contributed by atoms with E-state index in [4.69, 9.17) is 0 Å². The molecule has 3 amide bonds. The predicted octanol–water partition coefficient (Wildman–Crippen LogP) is 4.70. The summed E-state index contributed by atoms with van der Waals surface area (Å²) in [5, 5.41) is 13.8. The molecule has 0 radical (unpaired) electrons. The number of fused-ring (bicyclic) bond motifs is 1. The van der Waals surface area contributed by atoms with E-state index in [1.54, 1.807) is 11.0 Å². The van der Waals surface area contributed by atoms with Gasteiger partial charge in [-0.2, -0.15) is 0 Å². The summed E-state index contributed by atoms with van der Waals surface area (Å²) < 4.78 is 0. The van der Waals surface area contributed by atoms with Crippen molar-refractivity contribution in [3.63, 3.8) is 0 Å². The van der Waals surface area contributed by atoms with E-state index in [1.165, 1.54) is 5.57 Å². The molecule has 0 bridgehead atoms. The lowest BCUT2D eigenvalue weighted by molar-refractivity contribution is -0.136. The number of allylic oxidation sites excluding steroid dienone is 2. The molecular weight excluding hydrogens is 466 g/mol. The number of hydrogen-bond acceptors (Lipinski definition) is 5. The van der Waals surface area contributed by atoms with Crippen LogP contribution in [0.3, 0.4) is 0 Å². The number of aliphatic hydroxyl groups is 1. The van der Waals surface area contributed by atoms with Crippen LogP contribution in [-0.4, -0.2) is 58.3 Å². The van der Waals surface area contributed by atoms with Crippen molar-refractivity contribution < 1.29 is 19.5 Å². The highest BCUT2D eigenvalue weighted by atomic mass is 16.3. The summed E-state index contributed by atoms with van der Waals surface area (Å²) in [7, 11) is 0. The average molecular weight is 512 g/mol. The molecule has 1 atom stereocenters. The second kappa shape index (κ2) is 14.2. The Morgan fingerprint density at radius 1 is 1.14 bits per heavy atom. The van der Waals surface area contributed by atoms with Gasteiger partial charge >= 0.3 is 0 Å². The standard InChI is InChI=1S/C26H33N3O4.2C2H6/c1-3-5-6-18(4-2)16-28-13-11-26(33,12-14-28)20-7-8-21-19(15-20)17-29(25(21)32)22-9-10-23(30)27-24(22)31;2*1-2/h4-8,15,22,33H,3,9-14,16-17H2,1-2H3,(H,27,30,31);2*1-2H3/b6-5-,18-4+;;. The van der Waals surface area contributed by atoms with Gasteiger partial charge in [-0.15, -0.1) is 0 Å². The largest absolute Gasteiger partial charge is 0.385 e. The van der Waals surface area contributed by atoms with Crippen molar-refractivity contribution in [3.8, 4) is 0 Å². The van der Waals surface area contributed by atoms with Crippen molar-refractivity contribution in [2.24, 2.45) is 0 Å². The van der Waals surface area contributed by atoms with Crippen molar-refractivity contribution in [2.75, 3.05) is 19.6 Å². The minimum absolute atomic E-state index is 0.188. The molecule has 2 saturated heterocycles. The topological polar surface area (TPSA) is 89.9 Å². The summed E-state index contributed by atoms with van der Waals surface area (Å²) in [6.07, 6.45) is 9.33. The molecule has 204 valence electrons. The molecular formula is C30H45N3O4. The SMILES string of the molecule is C/C=C(\C=C/CC)CN1CCC(O)(c2ccc3c(c2)CN(C2CCC(=O)NC2=O)C3=O)CC1.CC.CC. The highest BCUT2D eigenvalue weighted by Crippen LogP contribution is 2.36. The number of carbonyl (C=O) groups is 3. The van der Waals surface area contributed by atoms with E-state index in [0.29, 0.717) is 31.4 Å². The van der Waals surface area contributed by atoms with E-state index in [1.807, 2.05) is 39.8 Å². The number of hydrogen-bond donors (Lipinski definition) is 2. The van der Waals surface area contributed by atoms with Crippen LogP contribution in [0.15, 0.2) is 42.0 Å². The van der Waals surface area contributed by atoms with Crippen molar-refractivity contribution in [3.05, 3.63) is 58.7 Å². The van der Waals surface area contributed by atoms with E-state index in [9.17, 15) is 19.5 Å². The highest BCUT2D eigenvalue weighted by molar-refractivity contribution is 6.05. The lowest BCUT2D eigenvalue weighted by Gasteiger charge is -2.39. The quantitative estimate of drug-likeness (QED) is 0.427. The number of amides is 3. The summed E-state index contributed by atoms with van der Waals surface area (Å²) in [5.41, 5.74) is 2.60. The minimum Gasteiger partial charge on any atom is -0.385 e. The van der Waals surface area contributed by atoms with E-state index >= 15 is 0 Å². The van der Waals surface area contributed by atoms with E-state index in [-0.39, 0.29) is 18.2 Å². The molecule has 2 N–H and O–H groups in total. The molecule has 0 saturated carbocycles. The van der Waals surface area contributed by atoms with E-state index < -0.39 is 17.6 Å². The van der Waals surface area contributed by atoms with Gasteiger partial charge in [-0.05, 0) is 55.4 Å². The van der Waals surface area contributed by atoms with Gasteiger partial charge in [-0.1, -0.05) is 65.0 Å². The number of carbonyl (C=O) groups excluding carboxylic acids is 3. The van der Waals surface area contributed by atoms with Gasteiger partial charge in [-0.25, -0.2) is 0 Å². The van der Waals surface area contributed by atoms with Gasteiger partial charge in [0.15, 0.2) is 0 Å². The maximum absolute atomic E-state index is 12.9. The van der Waals surface area contributed by atoms with Crippen LogP contribution >= 0.6 is 0 Å². The Balaban J connectivity index is 0.00000115. The summed E-state index contributed by atoms with van der Waals surface area (Å²) >= 11 is 0. The number of imide groups is 1. The summed E-state index contributed by atoms with van der Waals surface area (Å²) in [6.45, 7) is 15.0. The second-order valence-electron chi connectivity index (χ2n) is 9.25. The fourth-order valence-electron chi connectivity index (χ4n) is 5.00. The Hall–Kier alpha value is -2.77. The number of likely N-dealkylation sites (tertiary alicyclic amines) is 1. The van der Waals surface area contributed by atoms with Gasteiger partial charge in [-0.3, -0.25) is 24.6 Å². The minimum atomic E-state index is -0.925. The molecule has 3 heterocycles. The van der Waals surface area contributed by atoms with E-state index in [0.717, 1.165) is 37.2 Å². The number of benzene rings is 1. The van der Waals surface area contributed by atoms with Gasteiger partial charge in [0.25, 0.3) is 5.91 Å². The first kappa shape index (κ1) is 30.5. The zero-order chi connectivity index (χ0) is 27.6.